The van der Waals surface area contributed by atoms with Gasteiger partial charge < -0.3 is 9.64 Å². The van der Waals surface area contributed by atoms with Gasteiger partial charge >= 0.3 is 0 Å². The predicted octanol–water partition coefficient (Wildman–Crippen LogP) is 5.50. The number of likely N-dealkylation sites (N-methyl/N-ethyl adjacent to an activating group) is 1. The van der Waals surface area contributed by atoms with Crippen LogP contribution in [0.2, 0.25) is 0 Å². The molecule has 0 unspecified atom stereocenters. The van der Waals surface area contributed by atoms with Gasteiger partial charge in [-0.05, 0) is 37.1 Å². The van der Waals surface area contributed by atoms with Crippen LogP contribution >= 0.6 is 11.5 Å². The van der Waals surface area contributed by atoms with Crippen molar-refractivity contribution >= 4 is 23.6 Å². The molecule has 0 bridgehead atoms. The summed E-state index contributed by atoms with van der Waals surface area (Å²) in [4.78, 5) is 6.49. The first-order chi connectivity index (χ1) is 12.7. The Morgan fingerprint density at radius 1 is 1.33 bits per heavy atom. The molecule has 27 heavy (non-hydrogen) atoms. The molecule has 0 aliphatic carbocycles. The number of benzene rings is 1. The normalized spacial score (nSPS) is 11.4. The molecule has 0 atom stereocenters. The van der Waals surface area contributed by atoms with E-state index in [1.54, 1.807) is 6.34 Å². The van der Waals surface area contributed by atoms with Crippen molar-refractivity contribution in [2.24, 2.45) is 4.99 Å². The fourth-order valence-corrected chi connectivity index (χ4v) is 3.39. The van der Waals surface area contributed by atoms with E-state index in [4.69, 9.17) is 4.74 Å². The lowest BCUT2D eigenvalue weighted by atomic mass is 9.90. The highest BCUT2D eigenvalue weighted by atomic mass is 32.1. The summed E-state index contributed by atoms with van der Waals surface area (Å²) in [6, 6.07) is 6.19. The number of aliphatic imine (C=N–C) groups is 1. The van der Waals surface area contributed by atoms with E-state index in [9.17, 15) is 5.26 Å². The molecule has 1 aromatic heterocycles. The van der Waals surface area contributed by atoms with Gasteiger partial charge in [0.05, 0.1) is 17.7 Å². The fourth-order valence-electron chi connectivity index (χ4n) is 2.49. The molecule has 1 aromatic carbocycles. The highest BCUT2D eigenvalue weighted by Crippen LogP contribution is 2.38. The van der Waals surface area contributed by atoms with E-state index in [1.165, 1.54) is 11.5 Å². The minimum atomic E-state index is -0.204. The molecule has 0 spiro atoms. The number of hydrogen-bond acceptors (Lipinski definition) is 5. The highest BCUT2D eigenvalue weighted by Gasteiger charge is 2.26. The molecular weight excluding hydrogens is 356 g/mol. The van der Waals surface area contributed by atoms with Crippen LogP contribution in [0, 0.1) is 25.2 Å². The molecule has 2 aromatic rings. The average Bonchev–Trinajstić information content (AvgIpc) is 3.00. The van der Waals surface area contributed by atoms with E-state index < -0.39 is 0 Å². The molecule has 0 saturated heterocycles. The lowest BCUT2D eigenvalue weighted by Crippen LogP contribution is -2.15. The number of aryl methyl sites for hydroxylation is 2. The number of nitrogens with zero attached hydrogens (tertiary/aromatic N) is 4. The molecule has 0 aliphatic rings. The van der Waals surface area contributed by atoms with E-state index in [2.05, 4.69) is 22.0 Å². The van der Waals surface area contributed by atoms with E-state index >= 15 is 0 Å². The Hall–Kier alpha value is -2.65. The molecule has 1 heterocycles. The molecule has 0 saturated carbocycles. The quantitative estimate of drug-likeness (QED) is 0.376. The van der Waals surface area contributed by atoms with Crippen molar-refractivity contribution in [2.45, 2.75) is 40.0 Å². The monoisotopic (exact) mass is 382 g/mol. The van der Waals surface area contributed by atoms with E-state index in [0.717, 1.165) is 29.1 Å². The molecule has 0 amide bonds. The van der Waals surface area contributed by atoms with E-state index in [-0.39, 0.29) is 5.41 Å². The summed E-state index contributed by atoms with van der Waals surface area (Å²) in [7, 11) is 1.95. The van der Waals surface area contributed by atoms with Crippen molar-refractivity contribution in [3.63, 3.8) is 0 Å². The van der Waals surface area contributed by atoms with Gasteiger partial charge in [-0.25, -0.2) is 4.99 Å². The SMILES string of the molecule is C=CCN(C)C=Nc1cc(C)c(Oc2snc(C(C)(C)C)c2C#N)cc1C. The van der Waals surface area contributed by atoms with Crippen molar-refractivity contribution < 1.29 is 4.74 Å². The second kappa shape index (κ2) is 8.36. The number of ether oxygens (including phenoxy) is 1. The van der Waals surface area contributed by atoms with Crippen LogP contribution in [0.4, 0.5) is 5.69 Å². The largest absolute Gasteiger partial charge is 0.443 e. The minimum Gasteiger partial charge on any atom is -0.443 e. The van der Waals surface area contributed by atoms with Gasteiger partial charge in [-0.15, -0.1) is 6.58 Å². The molecule has 0 fully saturated rings. The van der Waals surface area contributed by atoms with Crippen LogP contribution in [-0.4, -0.2) is 29.2 Å². The van der Waals surface area contributed by atoms with Crippen LogP contribution in [0.25, 0.3) is 0 Å². The maximum Gasteiger partial charge on any atom is 0.218 e. The topological polar surface area (TPSA) is 61.5 Å². The van der Waals surface area contributed by atoms with Crippen LogP contribution < -0.4 is 4.74 Å². The molecule has 0 N–H and O–H groups in total. The minimum absolute atomic E-state index is 0.204. The zero-order chi connectivity index (χ0) is 20.2. The molecule has 5 nitrogen and oxygen atoms in total. The third kappa shape index (κ3) is 4.95. The summed E-state index contributed by atoms with van der Waals surface area (Å²) < 4.78 is 10.5. The van der Waals surface area contributed by atoms with Crippen molar-refractivity contribution in [3.8, 4) is 16.9 Å². The lowest BCUT2D eigenvalue weighted by molar-refractivity contribution is 0.487. The van der Waals surface area contributed by atoms with Crippen molar-refractivity contribution in [1.82, 2.24) is 9.27 Å². The maximum atomic E-state index is 9.57. The number of nitriles is 1. The molecule has 0 aliphatic heterocycles. The number of aromatic nitrogens is 1. The predicted molar refractivity (Wildman–Crippen MR) is 112 cm³/mol. The van der Waals surface area contributed by atoms with Crippen LogP contribution in [0.15, 0.2) is 29.8 Å². The standard InChI is InChI=1S/C21H26N4OS/c1-8-9-25(7)13-23-17-10-15(3)18(11-14(17)2)26-20-16(12-22)19(24-27-20)21(4,5)6/h8,10-11,13H,1,9H2,2-7H3. The molecule has 6 heteroatoms. The average molecular weight is 383 g/mol. The van der Waals surface area contributed by atoms with Crippen LogP contribution in [0.5, 0.6) is 10.8 Å². The Morgan fingerprint density at radius 3 is 2.63 bits per heavy atom. The molecule has 2 rings (SSSR count). The second-order valence-corrected chi connectivity index (χ2v) is 8.27. The van der Waals surface area contributed by atoms with Gasteiger partial charge in [0.2, 0.25) is 5.06 Å². The zero-order valence-corrected chi connectivity index (χ0v) is 17.6. The molecule has 0 radical (unpaired) electrons. The number of hydrogen-bond donors (Lipinski definition) is 0. The Kier molecular flexibility index (Phi) is 6.40. The van der Waals surface area contributed by atoms with Gasteiger partial charge in [-0.3, -0.25) is 0 Å². The van der Waals surface area contributed by atoms with Crippen molar-refractivity contribution in [3.05, 3.63) is 47.2 Å². The first kappa shape index (κ1) is 20.7. The summed E-state index contributed by atoms with van der Waals surface area (Å²) in [6.45, 7) is 14.5. The molecule has 142 valence electrons. The van der Waals surface area contributed by atoms with Crippen molar-refractivity contribution in [2.75, 3.05) is 13.6 Å². The zero-order valence-electron chi connectivity index (χ0n) is 16.8. The summed E-state index contributed by atoms with van der Waals surface area (Å²) in [5, 5.41) is 10.1. The van der Waals surface area contributed by atoms with Crippen molar-refractivity contribution in [1.29, 1.82) is 5.26 Å². The fraction of sp³-hybridized carbons (Fsp3) is 0.381. The second-order valence-electron chi connectivity index (χ2n) is 7.53. The van der Waals surface area contributed by atoms with E-state index in [1.807, 2.05) is 64.8 Å². The van der Waals surface area contributed by atoms with Crippen LogP contribution in [0.3, 0.4) is 0 Å². The Balaban J connectivity index is 2.32. The summed E-state index contributed by atoms with van der Waals surface area (Å²) in [5.74, 6) is 0.714. The van der Waals surface area contributed by atoms with Gasteiger partial charge in [-0.2, -0.15) is 9.64 Å². The Morgan fingerprint density at radius 2 is 2.04 bits per heavy atom. The van der Waals surface area contributed by atoms with Gasteiger partial charge in [0, 0.05) is 30.5 Å². The third-order valence-electron chi connectivity index (χ3n) is 3.99. The third-order valence-corrected chi connectivity index (χ3v) is 4.72. The summed E-state index contributed by atoms with van der Waals surface area (Å²) in [6.07, 6.45) is 3.62. The highest BCUT2D eigenvalue weighted by molar-refractivity contribution is 7.08. The smallest absolute Gasteiger partial charge is 0.218 e. The van der Waals surface area contributed by atoms with Crippen LogP contribution in [0.1, 0.15) is 43.2 Å². The Labute approximate surface area is 165 Å². The van der Waals surface area contributed by atoms with Gasteiger partial charge in [0.15, 0.2) is 0 Å². The Bertz CT molecular complexity index is 900. The van der Waals surface area contributed by atoms with Crippen LogP contribution in [-0.2, 0) is 5.41 Å². The van der Waals surface area contributed by atoms with Gasteiger partial charge in [-0.1, -0.05) is 26.8 Å². The van der Waals surface area contributed by atoms with E-state index in [0.29, 0.717) is 16.4 Å². The lowest BCUT2D eigenvalue weighted by Gasteiger charge is -2.15. The first-order valence-corrected chi connectivity index (χ1v) is 9.49. The maximum absolute atomic E-state index is 9.57. The number of rotatable bonds is 6. The summed E-state index contributed by atoms with van der Waals surface area (Å²) >= 11 is 1.22. The van der Waals surface area contributed by atoms with Gasteiger partial charge in [0.1, 0.15) is 17.4 Å². The molecular formula is C21H26N4OS. The first-order valence-electron chi connectivity index (χ1n) is 8.72. The van der Waals surface area contributed by atoms with Gasteiger partial charge in [0.25, 0.3) is 0 Å². The summed E-state index contributed by atoms with van der Waals surface area (Å²) in [5.41, 5.74) is 3.91.